The maximum Gasteiger partial charge on any atom is 0.255 e. The van der Waals surface area contributed by atoms with E-state index in [1.165, 1.54) is 6.20 Å². The fourth-order valence-corrected chi connectivity index (χ4v) is 3.57. The smallest absolute Gasteiger partial charge is 0.255 e. The second kappa shape index (κ2) is 7.40. The van der Waals surface area contributed by atoms with Gasteiger partial charge in [0.15, 0.2) is 0 Å². The van der Waals surface area contributed by atoms with E-state index in [0.717, 1.165) is 11.1 Å². The summed E-state index contributed by atoms with van der Waals surface area (Å²) in [5.74, 6) is -0.0200. The molecule has 0 bridgehead atoms. The van der Waals surface area contributed by atoms with Gasteiger partial charge < -0.3 is 16.2 Å². The first-order valence-electron chi connectivity index (χ1n) is 9.16. The van der Waals surface area contributed by atoms with Gasteiger partial charge in [0, 0.05) is 30.6 Å². The number of nitrogens with two attached hydrogens (primary N) is 1. The van der Waals surface area contributed by atoms with E-state index in [4.69, 9.17) is 5.73 Å². The fourth-order valence-electron chi connectivity index (χ4n) is 3.57. The summed E-state index contributed by atoms with van der Waals surface area (Å²) >= 11 is 0. The number of rotatable bonds is 5. The molecule has 1 saturated carbocycles. The molecule has 1 aliphatic rings. The highest BCUT2D eigenvalue weighted by atomic mass is 16.3. The number of benzene rings is 1. The Balaban J connectivity index is 1.65. The standard InChI is InChI=1S/C20H22N6O2/c1-26-11-14(9-23-26)17(13-7-15(27)8-13)24-19(28)16-10-22-20(21)25-18(16)12-5-3-2-4-6-12/h2-6,9-11,13,15,17,27H,7-8H2,1H3,(H,24,28)(H2,21,22,25)/t13?,15?,17-/m0/s1. The predicted molar refractivity (Wildman–Crippen MR) is 104 cm³/mol. The van der Waals surface area contributed by atoms with Crippen molar-refractivity contribution in [3.63, 3.8) is 0 Å². The van der Waals surface area contributed by atoms with E-state index in [1.807, 2.05) is 43.6 Å². The van der Waals surface area contributed by atoms with E-state index in [2.05, 4.69) is 20.4 Å². The van der Waals surface area contributed by atoms with Crippen LogP contribution in [0.25, 0.3) is 11.3 Å². The molecule has 0 radical (unpaired) electrons. The number of carbonyl (C=O) groups excluding carboxylic acids is 1. The van der Waals surface area contributed by atoms with Gasteiger partial charge in [-0.05, 0) is 18.8 Å². The first-order valence-corrected chi connectivity index (χ1v) is 9.16. The molecule has 28 heavy (non-hydrogen) atoms. The summed E-state index contributed by atoms with van der Waals surface area (Å²) in [4.78, 5) is 21.4. The van der Waals surface area contributed by atoms with Crippen molar-refractivity contribution >= 4 is 11.9 Å². The summed E-state index contributed by atoms with van der Waals surface area (Å²) in [6.45, 7) is 0. The van der Waals surface area contributed by atoms with E-state index < -0.39 is 0 Å². The van der Waals surface area contributed by atoms with Gasteiger partial charge in [0.05, 0.1) is 29.6 Å². The Hall–Kier alpha value is -3.26. The molecule has 4 rings (SSSR count). The molecule has 1 atom stereocenters. The van der Waals surface area contributed by atoms with Gasteiger partial charge in [-0.25, -0.2) is 9.97 Å². The first kappa shape index (κ1) is 18.1. The van der Waals surface area contributed by atoms with Gasteiger partial charge in [0.1, 0.15) is 0 Å². The summed E-state index contributed by atoms with van der Waals surface area (Å²) in [5, 5.41) is 17.0. The fraction of sp³-hybridized carbons (Fsp3) is 0.300. The van der Waals surface area contributed by atoms with E-state index in [9.17, 15) is 9.90 Å². The van der Waals surface area contributed by atoms with E-state index in [0.29, 0.717) is 24.1 Å². The van der Waals surface area contributed by atoms with Crippen molar-refractivity contribution in [2.45, 2.75) is 25.0 Å². The molecule has 2 aromatic heterocycles. The molecule has 8 heteroatoms. The van der Waals surface area contributed by atoms with Crippen LogP contribution in [0, 0.1) is 5.92 Å². The quantitative estimate of drug-likeness (QED) is 0.622. The van der Waals surface area contributed by atoms with Gasteiger partial charge in [0.2, 0.25) is 5.95 Å². The zero-order valence-electron chi connectivity index (χ0n) is 15.5. The van der Waals surface area contributed by atoms with E-state index in [-0.39, 0.29) is 29.9 Å². The lowest BCUT2D eigenvalue weighted by Gasteiger charge is -2.37. The molecule has 3 aromatic rings. The highest BCUT2D eigenvalue weighted by Crippen LogP contribution is 2.38. The summed E-state index contributed by atoms with van der Waals surface area (Å²) in [6, 6.07) is 9.16. The molecule has 4 N–H and O–H groups in total. The van der Waals surface area contributed by atoms with Crippen LogP contribution in [0.1, 0.15) is 34.8 Å². The normalized spacial score (nSPS) is 19.6. The minimum atomic E-state index is -0.319. The summed E-state index contributed by atoms with van der Waals surface area (Å²) in [5.41, 5.74) is 8.31. The molecular weight excluding hydrogens is 356 g/mol. The minimum Gasteiger partial charge on any atom is -0.393 e. The number of hydrogen-bond donors (Lipinski definition) is 3. The monoisotopic (exact) mass is 378 g/mol. The maximum absolute atomic E-state index is 13.1. The van der Waals surface area contributed by atoms with Gasteiger partial charge in [-0.15, -0.1) is 0 Å². The number of nitrogens with zero attached hydrogens (tertiary/aromatic N) is 4. The van der Waals surface area contributed by atoms with E-state index in [1.54, 1.807) is 10.9 Å². The highest BCUT2D eigenvalue weighted by molar-refractivity contribution is 6.00. The van der Waals surface area contributed by atoms with Crippen LogP contribution in [0.15, 0.2) is 48.9 Å². The highest BCUT2D eigenvalue weighted by Gasteiger charge is 2.36. The van der Waals surface area contributed by atoms with Crippen molar-refractivity contribution in [2.75, 3.05) is 5.73 Å². The van der Waals surface area contributed by atoms with Crippen LogP contribution < -0.4 is 11.1 Å². The summed E-state index contributed by atoms with van der Waals surface area (Å²) < 4.78 is 1.70. The van der Waals surface area contributed by atoms with Crippen molar-refractivity contribution in [2.24, 2.45) is 13.0 Å². The van der Waals surface area contributed by atoms with E-state index >= 15 is 0 Å². The molecule has 1 fully saturated rings. The van der Waals surface area contributed by atoms with Gasteiger partial charge >= 0.3 is 0 Å². The Labute approximate surface area is 162 Å². The number of hydrogen-bond acceptors (Lipinski definition) is 6. The number of anilines is 1. The third-order valence-electron chi connectivity index (χ3n) is 5.09. The lowest BCUT2D eigenvalue weighted by atomic mass is 9.75. The molecule has 1 aromatic carbocycles. The SMILES string of the molecule is Cn1cc([C@@H](NC(=O)c2cnc(N)nc2-c2ccccc2)C2CC(O)C2)cn1. The topological polar surface area (TPSA) is 119 Å². The van der Waals surface area contributed by atoms with Crippen LogP contribution in [-0.4, -0.2) is 36.9 Å². The van der Waals surface area contributed by atoms with Crippen molar-refractivity contribution in [1.29, 1.82) is 0 Å². The van der Waals surface area contributed by atoms with Crippen LogP contribution in [0.2, 0.25) is 0 Å². The number of aryl methyl sites for hydroxylation is 1. The Morgan fingerprint density at radius 3 is 2.68 bits per heavy atom. The number of aromatic nitrogens is 4. The van der Waals surface area contributed by atoms with Crippen molar-refractivity contribution in [1.82, 2.24) is 25.1 Å². The van der Waals surface area contributed by atoms with Crippen molar-refractivity contribution in [3.8, 4) is 11.3 Å². The Morgan fingerprint density at radius 1 is 1.29 bits per heavy atom. The Bertz CT molecular complexity index is 981. The zero-order valence-corrected chi connectivity index (χ0v) is 15.5. The van der Waals surface area contributed by atoms with Crippen LogP contribution in [-0.2, 0) is 7.05 Å². The van der Waals surface area contributed by atoms with Crippen LogP contribution in [0.5, 0.6) is 0 Å². The molecule has 0 aliphatic heterocycles. The third kappa shape index (κ3) is 3.59. The largest absolute Gasteiger partial charge is 0.393 e. The number of aliphatic hydroxyl groups excluding tert-OH is 1. The summed E-state index contributed by atoms with van der Waals surface area (Å²) in [7, 11) is 1.83. The molecule has 0 unspecified atom stereocenters. The average Bonchev–Trinajstić information content (AvgIpc) is 3.10. The van der Waals surface area contributed by atoms with Gasteiger partial charge in [0.25, 0.3) is 5.91 Å². The number of amides is 1. The molecule has 1 aliphatic carbocycles. The van der Waals surface area contributed by atoms with Crippen LogP contribution >= 0.6 is 0 Å². The second-order valence-electron chi connectivity index (χ2n) is 7.14. The number of aliphatic hydroxyl groups is 1. The third-order valence-corrected chi connectivity index (χ3v) is 5.09. The molecule has 144 valence electrons. The van der Waals surface area contributed by atoms with Gasteiger partial charge in [-0.1, -0.05) is 30.3 Å². The van der Waals surface area contributed by atoms with Crippen LogP contribution in [0.3, 0.4) is 0 Å². The molecule has 2 heterocycles. The van der Waals surface area contributed by atoms with Gasteiger partial charge in [-0.3, -0.25) is 9.48 Å². The average molecular weight is 378 g/mol. The second-order valence-corrected chi connectivity index (χ2v) is 7.14. The zero-order chi connectivity index (χ0) is 19.7. The Morgan fingerprint density at radius 2 is 2.04 bits per heavy atom. The predicted octanol–water partition coefficient (Wildman–Crippen LogP) is 1.70. The number of nitrogens with one attached hydrogen (secondary N) is 1. The Kier molecular flexibility index (Phi) is 4.79. The molecule has 8 nitrogen and oxygen atoms in total. The van der Waals surface area contributed by atoms with Crippen molar-refractivity contribution in [3.05, 3.63) is 60.0 Å². The van der Waals surface area contributed by atoms with Gasteiger partial charge in [-0.2, -0.15) is 5.10 Å². The lowest BCUT2D eigenvalue weighted by Crippen LogP contribution is -2.41. The number of carbonyl (C=O) groups is 1. The van der Waals surface area contributed by atoms with Crippen LogP contribution in [0.4, 0.5) is 5.95 Å². The number of nitrogen functional groups attached to an aromatic ring is 1. The van der Waals surface area contributed by atoms with Crippen molar-refractivity contribution < 1.29 is 9.90 Å². The molecule has 0 spiro atoms. The summed E-state index contributed by atoms with van der Waals surface area (Å²) in [6.07, 6.45) is 6.05. The first-order chi connectivity index (χ1) is 13.5. The lowest BCUT2D eigenvalue weighted by molar-refractivity contribution is 0.0235. The molecular formula is C20H22N6O2. The maximum atomic E-state index is 13.1. The molecule has 0 saturated heterocycles. The molecule has 1 amide bonds. The minimum absolute atomic E-state index is 0.112.